The number of carbonyl (C=O) groups excluding carboxylic acids is 1. The lowest BCUT2D eigenvalue weighted by Gasteiger charge is -2.23. The van der Waals surface area contributed by atoms with Gasteiger partial charge in [-0.25, -0.2) is 0 Å². The molecule has 0 aliphatic rings. The van der Waals surface area contributed by atoms with Gasteiger partial charge >= 0.3 is 0 Å². The molecular weight excluding hydrogens is 289 g/mol. The van der Waals surface area contributed by atoms with E-state index in [0.29, 0.717) is 15.8 Å². The fraction of sp³-hybridized carbons (Fsp3) is 0.462. The zero-order chi connectivity index (χ0) is 14.5. The molecule has 0 fully saturated rings. The van der Waals surface area contributed by atoms with E-state index in [9.17, 15) is 4.79 Å². The molecule has 0 saturated carbocycles. The molecule has 6 heteroatoms. The van der Waals surface area contributed by atoms with E-state index in [1.54, 1.807) is 32.0 Å². The summed E-state index contributed by atoms with van der Waals surface area (Å²) in [6, 6.07) is 4.91. The molecular formula is C13H17Cl2NO3. The van der Waals surface area contributed by atoms with Gasteiger partial charge in [0.2, 0.25) is 5.91 Å². The number of amides is 1. The van der Waals surface area contributed by atoms with Gasteiger partial charge in [-0.15, -0.1) is 0 Å². The highest BCUT2D eigenvalue weighted by Crippen LogP contribution is 2.26. The molecule has 4 nitrogen and oxygen atoms in total. The van der Waals surface area contributed by atoms with Gasteiger partial charge in [0.15, 0.2) is 0 Å². The molecule has 2 N–H and O–H groups in total. The van der Waals surface area contributed by atoms with E-state index in [2.05, 4.69) is 5.32 Å². The average molecular weight is 306 g/mol. The van der Waals surface area contributed by atoms with Crippen molar-refractivity contribution in [3.63, 3.8) is 0 Å². The van der Waals surface area contributed by atoms with E-state index in [1.165, 1.54) is 0 Å². The number of carbonyl (C=O) groups is 1. The van der Waals surface area contributed by atoms with Crippen LogP contribution in [0.1, 0.15) is 20.3 Å². The maximum atomic E-state index is 11.6. The Morgan fingerprint density at radius 1 is 1.37 bits per heavy atom. The van der Waals surface area contributed by atoms with Crippen molar-refractivity contribution in [3.8, 4) is 5.75 Å². The van der Waals surface area contributed by atoms with E-state index in [0.717, 1.165) is 0 Å². The number of rotatable bonds is 6. The smallest absolute Gasteiger partial charge is 0.223 e. The average Bonchev–Trinajstić information content (AvgIpc) is 2.33. The Kier molecular flexibility index (Phi) is 5.91. The number of ether oxygens (including phenoxy) is 1. The van der Waals surface area contributed by atoms with Crippen molar-refractivity contribution in [1.29, 1.82) is 0 Å². The topological polar surface area (TPSA) is 58.6 Å². The zero-order valence-electron chi connectivity index (χ0n) is 10.9. The van der Waals surface area contributed by atoms with Gasteiger partial charge < -0.3 is 15.2 Å². The second kappa shape index (κ2) is 6.98. The Morgan fingerprint density at radius 3 is 2.63 bits per heavy atom. The fourth-order valence-corrected chi connectivity index (χ4v) is 1.60. The molecule has 0 radical (unpaired) electrons. The number of halogens is 2. The van der Waals surface area contributed by atoms with Gasteiger partial charge in [-0.05, 0) is 26.0 Å². The summed E-state index contributed by atoms with van der Waals surface area (Å²) in [6.07, 6.45) is 0.198. The van der Waals surface area contributed by atoms with Crippen molar-refractivity contribution in [2.75, 3.05) is 13.2 Å². The second-order valence-corrected chi connectivity index (χ2v) is 5.58. The van der Waals surface area contributed by atoms with E-state index < -0.39 is 5.54 Å². The molecule has 0 heterocycles. The van der Waals surface area contributed by atoms with Gasteiger partial charge in [0, 0.05) is 6.07 Å². The van der Waals surface area contributed by atoms with Crippen LogP contribution in [0.15, 0.2) is 18.2 Å². The third kappa shape index (κ3) is 5.68. The first-order chi connectivity index (χ1) is 8.84. The molecule has 0 atom stereocenters. The van der Waals surface area contributed by atoms with Crippen LogP contribution in [-0.2, 0) is 4.79 Å². The third-order valence-electron chi connectivity index (χ3n) is 2.36. The van der Waals surface area contributed by atoms with Gasteiger partial charge in [0.05, 0.1) is 35.2 Å². The van der Waals surface area contributed by atoms with Gasteiger partial charge in [0.25, 0.3) is 0 Å². The first kappa shape index (κ1) is 16.1. The monoisotopic (exact) mass is 305 g/mol. The first-order valence-corrected chi connectivity index (χ1v) is 6.59. The SMILES string of the molecule is CC(C)(CO)NC(=O)CCOc1ccc(Cl)c(Cl)c1. The van der Waals surface area contributed by atoms with Crippen LogP contribution < -0.4 is 10.1 Å². The Hall–Kier alpha value is -0.970. The van der Waals surface area contributed by atoms with Crippen molar-refractivity contribution in [2.45, 2.75) is 25.8 Å². The summed E-state index contributed by atoms with van der Waals surface area (Å²) < 4.78 is 5.39. The fourth-order valence-electron chi connectivity index (χ4n) is 1.31. The molecule has 0 bridgehead atoms. The highest BCUT2D eigenvalue weighted by atomic mass is 35.5. The minimum Gasteiger partial charge on any atom is -0.493 e. The van der Waals surface area contributed by atoms with E-state index in [4.69, 9.17) is 33.0 Å². The number of nitrogens with one attached hydrogen (secondary N) is 1. The molecule has 19 heavy (non-hydrogen) atoms. The summed E-state index contributed by atoms with van der Waals surface area (Å²) in [5, 5.41) is 12.6. The quantitative estimate of drug-likeness (QED) is 0.849. The predicted molar refractivity (Wildman–Crippen MR) is 75.9 cm³/mol. The zero-order valence-corrected chi connectivity index (χ0v) is 12.4. The molecule has 0 unspecified atom stereocenters. The van der Waals surface area contributed by atoms with Gasteiger partial charge in [0.1, 0.15) is 5.75 Å². The van der Waals surface area contributed by atoms with Crippen LogP contribution in [0.5, 0.6) is 5.75 Å². The van der Waals surface area contributed by atoms with Crippen molar-refractivity contribution >= 4 is 29.1 Å². The molecule has 1 rings (SSSR count). The standard InChI is InChI=1S/C13H17Cl2NO3/c1-13(2,8-17)16-12(18)5-6-19-9-3-4-10(14)11(15)7-9/h3-4,7,17H,5-6,8H2,1-2H3,(H,16,18). The molecule has 0 spiro atoms. The summed E-state index contributed by atoms with van der Waals surface area (Å²) in [5.41, 5.74) is -0.624. The maximum absolute atomic E-state index is 11.6. The van der Waals surface area contributed by atoms with Crippen molar-refractivity contribution < 1.29 is 14.6 Å². The van der Waals surface area contributed by atoms with Crippen molar-refractivity contribution in [3.05, 3.63) is 28.2 Å². The Labute approximate surface area is 122 Å². The minimum atomic E-state index is -0.624. The highest BCUT2D eigenvalue weighted by Gasteiger charge is 2.18. The van der Waals surface area contributed by atoms with Crippen LogP contribution in [0.4, 0.5) is 0 Å². The van der Waals surface area contributed by atoms with Crippen LogP contribution in [0, 0.1) is 0 Å². The normalized spacial score (nSPS) is 11.2. The summed E-state index contributed by atoms with van der Waals surface area (Å²) in [7, 11) is 0. The number of aliphatic hydroxyl groups is 1. The van der Waals surface area contributed by atoms with Crippen molar-refractivity contribution in [2.24, 2.45) is 0 Å². The van der Waals surface area contributed by atoms with Crippen LogP contribution in [0.2, 0.25) is 10.0 Å². The van der Waals surface area contributed by atoms with E-state index >= 15 is 0 Å². The number of benzene rings is 1. The molecule has 0 aliphatic heterocycles. The van der Waals surface area contributed by atoms with E-state index in [1.807, 2.05) is 0 Å². The van der Waals surface area contributed by atoms with Gasteiger partial charge in [-0.2, -0.15) is 0 Å². The predicted octanol–water partition coefficient (Wildman–Crippen LogP) is 2.65. The summed E-state index contributed by atoms with van der Waals surface area (Å²) >= 11 is 11.6. The summed E-state index contributed by atoms with van der Waals surface area (Å²) in [5.74, 6) is 0.378. The largest absolute Gasteiger partial charge is 0.493 e. The van der Waals surface area contributed by atoms with Crippen molar-refractivity contribution in [1.82, 2.24) is 5.32 Å². The lowest BCUT2D eigenvalue weighted by molar-refractivity contribution is -0.123. The van der Waals surface area contributed by atoms with Crippen LogP contribution >= 0.6 is 23.2 Å². The molecule has 1 amide bonds. The molecule has 0 aromatic heterocycles. The lowest BCUT2D eigenvalue weighted by Crippen LogP contribution is -2.46. The third-order valence-corrected chi connectivity index (χ3v) is 3.10. The second-order valence-electron chi connectivity index (χ2n) is 4.76. The van der Waals surface area contributed by atoms with Crippen LogP contribution in [0.3, 0.4) is 0 Å². The van der Waals surface area contributed by atoms with E-state index in [-0.39, 0.29) is 25.5 Å². The molecule has 0 saturated heterocycles. The highest BCUT2D eigenvalue weighted by molar-refractivity contribution is 6.42. The van der Waals surface area contributed by atoms with Gasteiger partial charge in [-0.3, -0.25) is 4.79 Å². The molecule has 0 aliphatic carbocycles. The first-order valence-electron chi connectivity index (χ1n) is 5.84. The Balaban J connectivity index is 2.38. The number of hydrogen-bond donors (Lipinski definition) is 2. The number of hydrogen-bond acceptors (Lipinski definition) is 3. The van der Waals surface area contributed by atoms with Crippen LogP contribution in [0.25, 0.3) is 0 Å². The Bertz CT molecular complexity index is 450. The summed E-state index contributed by atoms with van der Waals surface area (Å²) in [4.78, 5) is 11.6. The van der Waals surface area contributed by atoms with Crippen LogP contribution in [-0.4, -0.2) is 29.8 Å². The maximum Gasteiger partial charge on any atom is 0.223 e. The minimum absolute atomic E-state index is 0.119. The molecule has 106 valence electrons. The molecule has 1 aromatic rings. The number of aliphatic hydroxyl groups excluding tert-OH is 1. The van der Waals surface area contributed by atoms with Gasteiger partial charge in [-0.1, -0.05) is 23.2 Å². The Morgan fingerprint density at radius 2 is 2.05 bits per heavy atom. The molecule has 1 aromatic carbocycles. The summed E-state index contributed by atoms with van der Waals surface area (Å²) in [6.45, 7) is 3.59. The lowest BCUT2D eigenvalue weighted by atomic mass is 10.1.